The first-order valence-electron chi connectivity index (χ1n) is 9.08. The number of benzene rings is 1. The zero-order chi connectivity index (χ0) is 24.4. The standard InChI is InChI=1S/C19H26F3NO7S/c1-17(2,3)29-15(25)13(23-16(26)30-18(4,5)6)9-11-7-8-12(24)10-14(11)31(27,28)19(20,21)22/h7-8,10,13,24H,9H2,1-6H3,(H,23,26)/t13-/m0/s1. The average Bonchev–Trinajstić information content (AvgIpc) is 2.51. The Bertz CT molecular complexity index is 929. The fourth-order valence-electron chi connectivity index (χ4n) is 2.32. The highest BCUT2D eigenvalue weighted by molar-refractivity contribution is 7.92. The van der Waals surface area contributed by atoms with Crippen LogP contribution >= 0.6 is 0 Å². The third-order valence-electron chi connectivity index (χ3n) is 3.45. The summed E-state index contributed by atoms with van der Waals surface area (Å²) in [6.45, 7) is 9.29. The summed E-state index contributed by atoms with van der Waals surface area (Å²) in [5, 5.41) is 11.7. The number of esters is 1. The number of halogens is 3. The van der Waals surface area contributed by atoms with E-state index in [4.69, 9.17) is 9.47 Å². The molecule has 2 N–H and O–H groups in total. The summed E-state index contributed by atoms with van der Waals surface area (Å²) in [5.41, 5.74) is -8.04. The van der Waals surface area contributed by atoms with Crippen LogP contribution in [0.5, 0.6) is 5.75 Å². The molecule has 0 aromatic heterocycles. The Morgan fingerprint density at radius 2 is 1.55 bits per heavy atom. The summed E-state index contributed by atoms with van der Waals surface area (Å²) in [7, 11) is -5.85. The van der Waals surface area contributed by atoms with Crippen molar-refractivity contribution in [1.82, 2.24) is 5.32 Å². The normalized spacial score (nSPS) is 14.0. The van der Waals surface area contributed by atoms with Gasteiger partial charge in [-0.15, -0.1) is 0 Å². The summed E-state index contributed by atoms with van der Waals surface area (Å²) in [6.07, 6.45) is -1.72. The van der Waals surface area contributed by atoms with E-state index < -0.39 is 67.3 Å². The maximum atomic E-state index is 13.1. The molecule has 1 aromatic rings. The molecule has 1 amide bonds. The number of rotatable bonds is 5. The highest BCUT2D eigenvalue weighted by Gasteiger charge is 2.48. The molecule has 0 spiro atoms. The largest absolute Gasteiger partial charge is 0.508 e. The van der Waals surface area contributed by atoms with Crippen LogP contribution in [0.4, 0.5) is 18.0 Å². The zero-order valence-electron chi connectivity index (χ0n) is 18.0. The molecular weight excluding hydrogens is 443 g/mol. The van der Waals surface area contributed by atoms with Crippen LogP contribution in [0.2, 0.25) is 0 Å². The fourth-order valence-corrected chi connectivity index (χ4v) is 3.34. The summed E-state index contributed by atoms with van der Waals surface area (Å²) >= 11 is 0. The Balaban J connectivity index is 3.40. The fraction of sp³-hybridized carbons (Fsp3) is 0.579. The number of phenols is 1. The SMILES string of the molecule is CC(C)(C)OC(=O)N[C@@H](Cc1ccc(O)cc1S(=O)(=O)C(F)(F)F)C(=O)OC(C)(C)C. The molecule has 8 nitrogen and oxygen atoms in total. The molecule has 176 valence electrons. The van der Waals surface area contributed by atoms with Gasteiger partial charge in [-0.3, -0.25) is 0 Å². The van der Waals surface area contributed by atoms with Crippen molar-refractivity contribution in [2.45, 2.75) is 75.6 Å². The summed E-state index contributed by atoms with van der Waals surface area (Å²) in [4.78, 5) is 23.5. The highest BCUT2D eigenvalue weighted by Crippen LogP contribution is 2.34. The van der Waals surface area contributed by atoms with Crippen LogP contribution in [0.25, 0.3) is 0 Å². The van der Waals surface area contributed by atoms with Crippen molar-refractivity contribution in [1.29, 1.82) is 0 Å². The Hall–Kier alpha value is -2.50. The molecule has 0 aliphatic rings. The number of phenolic OH excluding ortho intramolecular Hbond substituents is 1. The molecule has 0 fully saturated rings. The molecule has 0 saturated carbocycles. The first kappa shape index (κ1) is 26.5. The Labute approximate surface area is 178 Å². The highest BCUT2D eigenvalue weighted by atomic mass is 32.2. The number of carbonyl (C=O) groups excluding carboxylic acids is 2. The van der Waals surface area contributed by atoms with E-state index in [1.54, 1.807) is 20.8 Å². The number of hydrogen-bond acceptors (Lipinski definition) is 7. The smallest absolute Gasteiger partial charge is 0.501 e. The van der Waals surface area contributed by atoms with E-state index in [0.29, 0.717) is 6.07 Å². The molecular formula is C19H26F3NO7S. The predicted octanol–water partition coefficient (Wildman–Crippen LogP) is 3.46. The number of nitrogens with one attached hydrogen (secondary N) is 1. The van der Waals surface area contributed by atoms with Crippen LogP contribution in [0.15, 0.2) is 23.1 Å². The van der Waals surface area contributed by atoms with Crippen LogP contribution in [0, 0.1) is 0 Å². The monoisotopic (exact) mass is 469 g/mol. The molecule has 1 atom stereocenters. The van der Waals surface area contributed by atoms with Gasteiger partial charge in [0.25, 0.3) is 9.84 Å². The Morgan fingerprint density at radius 3 is 2.00 bits per heavy atom. The van der Waals surface area contributed by atoms with E-state index in [1.807, 2.05) is 0 Å². The van der Waals surface area contributed by atoms with Gasteiger partial charge >= 0.3 is 17.6 Å². The molecule has 12 heteroatoms. The van der Waals surface area contributed by atoms with Gasteiger partial charge in [0.2, 0.25) is 0 Å². The number of carbonyl (C=O) groups is 2. The van der Waals surface area contributed by atoms with E-state index in [9.17, 15) is 36.3 Å². The van der Waals surface area contributed by atoms with Crippen molar-refractivity contribution in [2.24, 2.45) is 0 Å². The summed E-state index contributed by atoms with van der Waals surface area (Å²) in [5.74, 6) is -1.73. The first-order chi connectivity index (χ1) is 13.7. The molecule has 0 bridgehead atoms. The van der Waals surface area contributed by atoms with Gasteiger partial charge < -0.3 is 19.9 Å². The number of alkyl halides is 3. The molecule has 1 aromatic carbocycles. The minimum absolute atomic E-state index is 0.428. The minimum atomic E-state index is -5.85. The van der Waals surface area contributed by atoms with Crippen LogP contribution in [-0.2, 0) is 30.5 Å². The molecule has 1 rings (SSSR count). The van der Waals surface area contributed by atoms with Gasteiger partial charge in [0.1, 0.15) is 23.0 Å². The maximum absolute atomic E-state index is 13.1. The second kappa shape index (κ2) is 8.93. The Morgan fingerprint density at radius 1 is 1.03 bits per heavy atom. The van der Waals surface area contributed by atoms with Gasteiger partial charge in [-0.1, -0.05) is 6.07 Å². The lowest BCUT2D eigenvalue weighted by atomic mass is 10.1. The van der Waals surface area contributed by atoms with Gasteiger partial charge in [0, 0.05) is 6.42 Å². The van der Waals surface area contributed by atoms with Crippen molar-refractivity contribution < 1.29 is 45.8 Å². The van der Waals surface area contributed by atoms with Crippen molar-refractivity contribution in [2.75, 3.05) is 0 Å². The van der Waals surface area contributed by atoms with Gasteiger partial charge in [0.15, 0.2) is 0 Å². The lowest BCUT2D eigenvalue weighted by Crippen LogP contribution is -2.47. The number of amides is 1. The van der Waals surface area contributed by atoms with E-state index in [1.165, 1.54) is 20.8 Å². The first-order valence-corrected chi connectivity index (χ1v) is 10.6. The van der Waals surface area contributed by atoms with Crippen molar-refractivity contribution in [3.8, 4) is 5.75 Å². The lowest BCUT2D eigenvalue weighted by Gasteiger charge is -2.26. The Kier molecular flexibility index (Phi) is 7.64. The second-order valence-corrected chi connectivity index (χ2v) is 10.6. The van der Waals surface area contributed by atoms with Crippen molar-refractivity contribution in [3.05, 3.63) is 23.8 Å². The topological polar surface area (TPSA) is 119 Å². The van der Waals surface area contributed by atoms with E-state index >= 15 is 0 Å². The third kappa shape index (κ3) is 7.93. The second-order valence-electron chi connectivity index (χ2n) is 8.68. The molecule has 0 aliphatic heterocycles. The van der Waals surface area contributed by atoms with Crippen molar-refractivity contribution >= 4 is 21.9 Å². The van der Waals surface area contributed by atoms with E-state index in [0.717, 1.165) is 12.1 Å². The van der Waals surface area contributed by atoms with Crippen molar-refractivity contribution in [3.63, 3.8) is 0 Å². The van der Waals surface area contributed by atoms with Gasteiger partial charge in [-0.05, 0) is 59.2 Å². The molecule has 0 aliphatic carbocycles. The average molecular weight is 469 g/mol. The molecule has 0 unspecified atom stereocenters. The number of ether oxygens (including phenoxy) is 2. The minimum Gasteiger partial charge on any atom is -0.508 e. The molecule has 0 saturated heterocycles. The zero-order valence-corrected chi connectivity index (χ0v) is 18.8. The number of aromatic hydroxyl groups is 1. The van der Waals surface area contributed by atoms with E-state index in [2.05, 4.69) is 5.32 Å². The van der Waals surface area contributed by atoms with Crippen LogP contribution < -0.4 is 5.32 Å². The molecule has 0 radical (unpaired) electrons. The quantitative estimate of drug-likeness (QED) is 0.634. The van der Waals surface area contributed by atoms with Gasteiger partial charge in [-0.25, -0.2) is 18.0 Å². The van der Waals surface area contributed by atoms with Crippen LogP contribution in [-0.4, -0.2) is 48.3 Å². The van der Waals surface area contributed by atoms with Gasteiger partial charge in [0.05, 0.1) is 4.90 Å². The third-order valence-corrected chi connectivity index (χ3v) is 5.02. The summed E-state index contributed by atoms with van der Waals surface area (Å²) < 4.78 is 73.4. The lowest BCUT2D eigenvalue weighted by molar-refractivity contribution is -0.157. The molecule has 0 heterocycles. The number of sulfone groups is 1. The number of alkyl carbamates (subject to hydrolysis) is 1. The van der Waals surface area contributed by atoms with Crippen LogP contribution in [0.1, 0.15) is 47.1 Å². The predicted molar refractivity (Wildman–Crippen MR) is 104 cm³/mol. The maximum Gasteiger partial charge on any atom is 0.501 e. The molecule has 31 heavy (non-hydrogen) atoms. The van der Waals surface area contributed by atoms with E-state index in [-0.39, 0.29) is 0 Å². The van der Waals surface area contributed by atoms with Gasteiger partial charge in [-0.2, -0.15) is 13.2 Å². The number of hydrogen-bond donors (Lipinski definition) is 2. The van der Waals surface area contributed by atoms with Crippen LogP contribution in [0.3, 0.4) is 0 Å². The summed E-state index contributed by atoms with van der Waals surface area (Å²) in [6, 6.07) is 0.741.